The summed E-state index contributed by atoms with van der Waals surface area (Å²) in [5.74, 6) is -2.02. The van der Waals surface area contributed by atoms with Crippen molar-refractivity contribution in [1.29, 1.82) is 0 Å². The van der Waals surface area contributed by atoms with Crippen LogP contribution in [0.3, 0.4) is 0 Å². The van der Waals surface area contributed by atoms with E-state index in [0.29, 0.717) is 5.06 Å². The zero-order valence-electron chi connectivity index (χ0n) is 12.8. The molecule has 0 aromatic rings. The number of hydrogen-bond donors (Lipinski definition) is 0. The molecule has 1 heterocycles. The van der Waals surface area contributed by atoms with Crippen molar-refractivity contribution in [3.8, 4) is 0 Å². The normalized spacial score (nSPS) is 16.7. The first-order chi connectivity index (χ1) is 9.53. The van der Waals surface area contributed by atoms with Gasteiger partial charge in [0.05, 0.1) is 0 Å². The van der Waals surface area contributed by atoms with E-state index >= 15 is 0 Å². The van der Waals surface area contributed by atoms with Gasteiger partial charge in [-0.25, -0.2) is 9.59 Å². The van der Waals surface area contributed by atoms with Crippen LogP contribution in [0.5, 0.6) is 0 Å². The number of rotatable bonds is 3. The lowest BCUT2D eigenvalue weighted by Crippen LogP contribution is -2.46. The maximum Gasteiger partial charge on any atom is 0.410 e. The van der Waals surface area contributed by atoms with E-state index < -0.39 is 35.5 Å². The van der Waals surface area contributed by atoms with Crippen molar-refractivity contribution in [3.05, 3.63) is 0 Å². The Balaban J connectivity index is 2.63. The van der Waals surface area contributed by atoms with Crippen LogP contribution in [0.1, 0.15) is 40.5 Å². The summed E-state index contributed by atoms with van der Waals surface area (Å²) in [6, 6.07) is -0.999. The minimum Gasteiger partial charge on any atom is -0.444 e. The Hall–Kier alpha value is -2.12. The molecular weight excluding hydrogens is 280 g/mol. The largest absolute Gasteiger partial charge is 0.444 e. The molecule has 3 amide bonds. The molecule has 8 heteroatoms. The van der Waals surface area contributed by atoms with Crippen LogP contribution in [0.15, 0.2) is 0 Å². The van der Waals surface area contributed by atoms with Gasteiger partial charge in [0.15, 0.2) is 0 Å². The maximum absolute atomic E-state index is 11.9. The van der Waals surface area contributed by atoms with Gasteiger partial charge in [0.2, 0.25) is 0 Å². The van der Waals surface area contributed by atoms with Gasteiger partial charge in [-0.15, -0.1) is 5.06 Å². The molecule has 1 fully saturated rings. The van der Waals surface area contributed by atoms with E-state index in [1.165, 1.54) is 14.0 Å². The van der Waals surface area contributed by atoms with Crippen LogP contribution in [0, 0.1) is 0 Å². The van der Waals surface area contributed by atoms with Crippen molar-refractivity contribution in [3.63, 3.8) is 0 Å². The Morgan fingerprint density at radius 2 is 1.67 bits per heavy atom. The minimum atomic E-state index is -0.999. The van der Waals surface area contributed by atoms with Crippen LogP contribution >= 0.6 is 0 Å². The Morgan fingerprint density at radius 3 is 2.10 bits per heavy atom. The molecule has 8 nitrogen and oxygen atoms in total. The molecule has 118 valence electrons. The topological polar surface area (TPSA) is 93.2 Å². The average molecular weight is 300 g/mol. The number of carbonyl (C=O) groups is 4. The van der Waals surface area contributed by atoms with Crippen LogP contribution in [0.4, 0.5) is 4.79 Å². The fourth-order valence-electron chi connectivity index (χ4n) is 1.47. The van der Waals surface area contributed by atoms with Crippen LogP contribution in [0.2, 0.25) is 0 Å². The Labute approximate surface area is 122 Å². The van der Waals surface area contributed by atoms with Crippen molar-refractivity contribution in [2.45, 2.75) is 52.2 Å². The lowest BCUT2D eigenvalue weighted by molar-refractivity contribution is -0.200. The second-order valence-electron chi connectivity index (χ2n) is 5.76. The van der Waals surface area contributed by atoms with Crippen LogP contribution in [0.25, 0.3) is 0 Å². The molecule has 0 N–H and O–H groups in total. The Kier molecular flexibility index (Phi) is 4.93. The smallest absolute Gasteiger partial charge is 0.410 e. The standard InChI is InChI=1S/C13H20N2O6/c1-8(14(5)12(19)20-13(2,3)4)11(18)21-15-9(16)6-7-10(15)17/h8H,6-7H2,1-5H3. The third kappa shape index (κ3) is 4.44. The lowest BCUT2D eigenvalue weighted by Gasteiger charge is -2.28. The van der Waals surface area contributed by atoms with Crippen LogP contribution < -0.4 is 0 Å². The van der Waals surface area contributed by atoms with Crippen LogP contribution in [-0.2, 0) is 24.0 Å². The molecule has 0 aliphatic carbocycles. The Morgan fingerprint density at radius 1 is 1.19 bits per heavy atom. The third-order valence-corrected chi connectivity index (χ3v) is 2.79. The van der Waals surface area contributed by atoms with Crippen LogP contribution in [-0.4, -0.2) is 52.5 Å². The van der Waals surface area contributed by atoms with E-state index in [2.05, 4.69) is 0 Å². The summed E-state index contributed by atoms with van der Waals surface area (Å²) in [6.07, 6.45) is -0.670. The fourth-order valence-corrected chi connectivity index (χ4v) is 1.47. The SMILES string of the molecule is CC(C(=O)ON1C(=O)CCC1=O)N(C)C(=O)OC(C)(C)C. The highest BCUT2D eigenvalue weighted by Crippen LogP contribution is 2.15. The fraction of sp³-hybridized carbons (Fsp3) is 0.692. The first kappa shape index (κ1) is 16.9. The summed E-state index contributed by atoms with van der Waals surface area (Å²) in [7, 11) is 1.37. The molecule has 1 atom stereocenters. The average Bonchev–Trinajstić information content (AvgIpc) is 2.66. The number of imide groups is 1. The molecule has 1 unspecified atom stereocenters. The highest BCUT2D eigenvalue weighted by Gasteiger charge is 2.36. The van der Waals surface area contributed by atoms with E-state index in [4.69, 9.17) is 9.57 Å². The van der Waals surface area contributed by atoms with Gasteiger partial charge in [-0.3, -0.25) is 14.5 Å². The molecule has 0 radical (unpaired) electrons. The quantitative estimate of drug-likeness (QED) is 0.717. The molecule has 0 saturated carbocycles. The van der Waals surface area contributed by atoms with E-state index in [1.807, 2.05) is 0 Å². The molecular formula is C13H20N2O6. The molecule has 1 saturated heterocycles. The molecule has 1 aliphatic heterocycles. The summed E-state index contributed by atoms with van der Waals surface area (Å²) < 4.78 is 5.11. The first-order valence-electron chi connectivity index (χ1n) is 6.56. The molecule has 0 aromatic carbocycles. The lowest BCUT2D eigenvalue weighted by atomic mass is 10.2. The summed E-state index contributed by atoms with van der Waals surface area (Å²) in [4.78, 5) is 52.2. The van der Waals surface area contributed by atoms with Crippen molar-refractivity contribution < 1.29 is 28.8 Å². The van der Waals surface area contributed by atoms with Crippen molar-refractivity contribution >= 4 is 23.9 Å². The zero-order chi connectivity index (χ0) is 16.4. The zero-order valence-corrected chi connectivity index (χ0v) is 12.8. The van der Waals surface area contributed by atoms with Crippen molar-refractivity contribution in [1.82, 2.24) is 9.96 Å². The van der Waals surface area contributed by atoms with Gasteiger partial charge in [0.25, 0.3) is 11.8 Å². The van der Waals surface area contributed by atoms with E-state index in [1.54, 1.807) is 20.8 Å². The molecule has 0 bridgehead atoms. The monoisotopic (exact) mass is 300 g/mol. The van der Waals surface area contributed by atoms with Gasteiger partial charge in [-0.2, -0.15) is 0 Å². The van der Waals surface area contributed by atoms with Gasteiger partial charge < -0.3 is 9.57 Å². The highest BCUT2D eigenvalue weighted by atomic mass is 16.7. The summed E-state index contributed by atoms with van der Waals surface area (Å²) in [5, 5.41) is 0.446. The maximum atomic E-state index is 11.9. The molecule has 0 spiro atoms. The molecule has 1 rings (SSSR count). The summed E-state index contributed by atoms with van der Waals surface area (Å²) >= 11 is 0. The van der Waals surface area contributed by atoms with E-state index in [0.717, 1.165) is 4.90 Å². The third-order valence-electron chi connectivity index (χ3n) is 2.79. The molecule has 1 aliphatic rings. The van der Waals surface area contributed by atoms with Crippen molar-refractivity contribution in [2.24, 2.45) is 0 Å². The number of carbonyl (C=O) groups excluding carboxylic acids is 4. The summed E-state index contributed by atoms with van der Waals surface area (Å²) in [5.41, 5.74) is -0.699. The number of amides is 3. The number of hydroxylamine groups is 2. The second-order valence-corrected chi connectivity index (χ2v) is 5.76. The van der Waals surface area contributed by atoms with Gasteiger partial charge in [0.1, 0.15) is 11.6 Å². The first-order valence-corrected chi connectivity index (χ1v) is 6.56. The van der Waals surface area contributed by atoms with E-state index in [-0.39, 0.29) is 12.8 Å². The van der Waals surface area contributed by atoms with Gasteiger partial charge in [-0.05, 0) is 27.7 Å². The molecule has 21 heavy (non-hydrogen) atoms. The van der Waals surface area contributed by atoms with Gasteiger partial charge >= 0.3 is 12.1 Å². The summed E-state index contributed by atoms with van der Waals surface area (Å²) in [6.45, 7) is 6.51. The van der Waals surface area contributed by atoms with Gasteiger partial charge in [-0.1, -0.05) is 0 Å². The van der Waals surface area contributed by atoms with Gasteiger partial charge in [0, 0.05) is 19.9 Å². The number of likely N-dealkylation sites (N-methyl/N-ethyl adjacent to an activating group) is 1. The number of nitrogens with zero attached hydrogens (tertiary/aromatic N) is 2. The predicted octanol–water partition coefficient (Wildman–Crippen LogP) is 0.849. The predicted molar refractivity (Wildman–Crippen MR) is 70.6 cm³/mol. The van der Waals surface area contributed by atoms with Crippen molar-refractivity contribution in [2.75, 3.05) is 7.05 Å². The number of hydrogen-bond acceptors (Lipinski definition) is 6. The number of ether oxygens (including phenoxy) is 1. The highest BCUT2D eigenvalue weighted by molar-refractivity contribution is 6.01. The van der Waals surface area contributed by atoms with E-state index in [9.17, 15) is 19.2 Å². The Bertz CT molecular complexity index is 452. The minimum absolute atomic E-state index is 0.0163. The molecule has 0 aromatic heterocycles. The second kappa shape index (κ2) is 6.11.